The Balaban J connectivity index is 2.57. The lowest BCUT2D eigenvalue weighted by Gasteiger charge is -2.05. The molecule has 17 heavy (non-hydrogen) atoms. The van der Waals surface area contributed by atoms with E-state index >= 15 is 0 Å². The summed E-state index contributed by atoms with van der Waals surface area (Å²) in [6.45, 7) is 0. The van der Waals surface area contributed by atoms with Crippen LogP contribution in [0.15, 0.2) is 36.4 Å². The average molecular weight is 253 g/mol. The Morgan fingerprint density at radius 1 is 0.941 bits per heavy atom. The first-order chi connectivity index (χ1) is 8.13. The normalized spacial score (nSPS) is 10.3. The zero-order valence-corrected chi connectivity index (χ0v) is 9.34. The van der Waals surface area contributed by atoms with Crippen LogP contribution in [0.2, 0.25) is 5.02 Å². The van der Waals surface area contributed by atoms with Gasteiger partial charge in [-0.1, -0.05) is 29.8 Å². The summed E-state index contributed by atoms with van der Waals surface area (Å²) in [5, 5.41) is 0.513. The minimum atomic E-state index is -1.13. The number of carbonyl (C=O) groups excluding carboxylic acids is 1. The van der Waals surface area contributed by atoms with Crippen molar-refractivity contribution < 1.29 is 13.6 Å². The minimum absolute atomic E-state index is 0.102. The van der Waals surface area contributed by atoms with Crippen molar-refractivity contribution in [1.29, 1.82) is 0 Å². The zero-order valence-electron chi connectivity index (χ0n) is 8.58. The molecule has 2 rings (SSSR count). The lowest BCUT2D eigenvalue weighted by atomic mass is 10.0. The van der Waals surface area contributed by atoms with Crippen LogP contribution in [0.4, 0.5) is 8.78 Å². The molecule has 0 saturated carbocycles. The van der Waals surface area contributed by atoms with E-state index in [0.717, 1.165) is 0 Å². The molecule has 0 fully saturated rings. The number of carbonyl (C=O) groups is 1. The molecule has 2 aromatic carbocycles. The van der Waals surface area contributed by atoms with Crippen LogP contribution in [-0.4, -0.2) is 6.29 Å². The van der Waals surface area contributed by atoms with Gasteiger partial charge in [0.2, 0.25) is 0 Å². The van der Waals surface area contributed by atoms with Gasteiger partial charge in [0.15, 0.2) is 17.9 Å². The van der Waals surface area contributed by atoms with E-state index in [1.165, 1.54) is 12.1 Å². The minimum Gasteiger partial charge on any atom is -0.298 e. The summed E-state index contributed by atoms with van der Waals surface area (Å²) >= 11 is 5.70. The Bertz CT molecular complexity index is 564. The van der Waals surface area contributed by atoms with Gasteiger partial charge in [-0.15, -0.1) is 0 Å². The molecule has 0 radical (unpaired) electrons. The second-order valence-electron chi connectivity index (χ2n) is 3.46. The van der Waals surface area contributed by atoms with E-state index in [9.17, 15) is 13.6 Å². The van der Waals surface area contributed by atoms with Gasteiger partial charge in [-0.05, 0) is 23.8 Å². The topological polar surface area (TPSA) is 17.1 Å². The van der Waals surface area contributed by atoms with Crippen molar-refractivity contribution in [3.8, 4) is 11.1 Å². The van der Waals surface area contributed by atoms with Gasteiger partial charge in [-0.2, -0.15) is 0 Å². The van der Waals surface area contributed by atoms with Crippen LogP contribution in [0.5, 0.6) is 0 Å². The number of hydrogen-bond acceptors (Lipinski definition) is 1. The molecule has 0 aliphatic heterocycles. The van der Waals surface area contributed by atoms with E-state index in [1.54, 1.807) is 24.3 Å². The number of benzene rings is 2. The maximum atomic E-state index is 13.7. The van der Waals surface area contributed by atoms with Crippen LogP contribution in [0.25, 0.3) is 11.1 Å². The third kappa shape index (κ3) is 2.19. The molecular formula is C13H7ClF2O. The summed E-state index contributed by atoms with van der Waals surface area (Å²) in [5.74, 6) is -2.16. The van der Waals surface area contributed by atoms with Gasteiger partial charge in [0.25, 0.3) is 0 Å². The first-order valence-electron chi connectivity index (χ1n) is 4.82. The molecule has 86 valence electrons. The molecule has 0 saturated heterocycles. The molecule has 0 aromatic heterocycles. The SMILES string of the molecule is O=Cc1ccc(-c2ccc(Cl)cc2)c(F)c1F. The fraction of sp³-hybridized carbons (Fsp3) is 0. The maximum Gasteiger partial charge on any atom is 0.169 e. The first kappa shape index (κ1) is 11.7. The second kappa shape index (κ2) is 4.63. The Labute approximate surface area is 102 Å². The number of rotatable bonds is 2. The molecule has 0 aliphatic rings. The molecular weight excluding hydrogens is 246 g/mol. The van der Waals surface area contributed by atoms with E-state index in [1.807, 2.05) is 0 Å². The van der Waals surface area contributed by atoms with Gasteiger partial charge < -0.3 is 0 Å². The van der Waals surface area contributed by atoms with Crippen molar-refractivity contribution >= 4 is 17.9 Å². The summed E-state index contributed by atoms with van der Waals surface area (Å²) in [6, 6.07) is 8.95. The molecule has 4 heteroatoms. The summed E-state index contributed by atoms with van der Waals surface area (Å²) in [5.41, 5.74) is 0.313. The van der Waals surface area contributed by atoms with E-state index in [-0.39, 0.29) is 17.4 Å². The summed E-state index contributed by atoms with van der Waals surface area (Å²) in [7, 11) is 0. The lowest BCUT2D eigenvalue weighted by Crippen LogP contribution is -1.95. The van der Waals surface area contributed by atoms with Crippen LogP contribution < -0.4 is 0 Å². The van der Waals surface area contributed by atoms with Crippen LogP contribution >= 0.6 is 11.6 Å². The third-order valence-corrected chi connectivity index (χ3v) is 2.65. The van der Waals surface area contributed by atoms with Crippen molar-refractivity contribution in [3.63, 3.8) is 0 Å². The molecule has 0 aliphatic carbocycles. The zero-order chi connectivity index (χ0) is 12.4. The van der Waals surface area contributed by atoms with E-state index < -0.39 is 11.6 Å². The standard InChI is InChI=1S/C13H7ClF2O/c14-10-4-1-8(2-5-10)11-6-3-9(7-17)12(15)13(11)16/h1-7H. The van der Waals surface area contributed by atoms with Gasteiger partial charge in [-0.25, -0.2) is 8.78 Å². The lowest BCUT2D eigenvalue weighted by molar-refractivity contribution is 0.111. The molecule has 0 spiro atoms. The van der Waals surface area contributed by atoms with Crippen LogP contribution in [0.1, 0.15) is 10.4 Å². The molecule has 0 bridgehead atoms. The van der Waals surface area contributed by atoms with E-state index in [0.29, 0.717) is 10.6 Å². The maximum absolute atomic E-state index is 13.7. The quantitative estimate of drug-likeness (QED) is 0.736. The Kier molecular flexibility index (Phi) is 3.20. The fourth-order valence-corrected chi connectivity index (χ4v) is 1.63. The monoisotopic (exact) mass is 252 g/mol. The van der Waals surface area contributed by atoms with Crippen LogP contribution in [0.3, 0.4) is 0 Å². The fourth-order valence-electron chi connectivity index (χ4n) is 1.51. The molecule has 2 aromatic rings. The Hall–Kier alpha value is -1.74. The van der Waals surface area contributed by atoms with Crippen molar-refractivity contribution in [1.82, 2.24) is 0 Å². The Morgan fingerprint density at radius 3 is 2.18 bits per heavy atom. The van der Waals surface area contributed by atoms with Gasteiger partial charge in [0, 0.05) is 10.6 Å². The molecule has 0 atom stereocenters. The van der Waals surface area contributed by atoms with E-state index in [2.05, 4.69) is 0 Å². The third-order valence-electron chi connectivity index (χ3n) is 2.39. The molecule has 0 heterocycles. The number of aldehydes is 1. The molecule has 0 N–H and O–H groups in total. The van der Waals surface area contributed by atoms with Crippen molar-refractivity contribution in [3.05, 3.63) is 58.6 Å². The van der Waals surface area contributed by atoms with Gasteiger partial charge in [-0.3, -0.25) is 4.79 Å². The van der Waals surface area contributed by atoms with E-state index in [4.69, 9.17) is 11.6 Å². The molecule has 0 unspecified atom stereocenters. The highest BCUT2D eigenvalue weighted by atomic mass is 35.5. The predicted molar refractivity (Wildman–Crippen MR) is 62.2 cm³/mol. The molecule has 1 nitrogen and oxygen atoms in total. The average Bonchev–Trinajstić information content (AvgIpc) is 2.34. The van der Waals surface area contributed by atoms with Crippen molar-refractivity contribution in [2.24, 2.45) is 0 Å². The summed E-state index contributed by atoms with van der Waals surface area (Å²) in [6.07, 6.45) is 0.282. The highest BCUT2D eigenvalue weighted by Crippen LogP contribution is 2.26. The van der Waals surface area contributed by atoms with Crippen LogP contribution in [0, 0.1) is 11.6 Å². The van der Waals surface area contributed by atoms with Gasteiger partial charge in [0.05, 0.1) is 5.56 Å². The summed E-state index contributed by atoms with van der Waals surface area (Å²) < 4.78 is 27.1. The highest BCUT2D eigenvalue weighted by molar-refractivity contribution is 6.30. The smallest absolute Gasteiger partial charge is 0.169 e. The van der Waals surface area contributed by atoms with Gasteiger partial charge in [0.1, 0.15) is 0 Å². The van der Waals surface area contributed by atoms with Crippen molar-refractivity contribution in [2.75, 3.05) is 0 Å². The van der Waals surface area contributed by atoms with Crippen molar-refractivity contribution in [2.45, 2.75) is 0 Å². The number of hydrogen-bond donors (Lipinski definition) is 0. The largest absolute Gasteiger partial charge is 0.298 e. The second-order valence-corrected chi connectivity index (χ2v) is 3.89. The van der Waals surface area contributed by atoms with Crippen LogP contribution in [-0.2, 0) is 0 Å². The van der Waals surface area contributed by atoms with Gasteiger partial charge >= 0.3 is 0 Å². The predicted octanol–water partition coefficient (Wildman–Crippen LogP) is 4.10. The highest BCUT2D eigenvalue weighted by Gasteiger charge is 2.13. The molecule has 0 amide bonds. The number of halogens is 3. The Morgan fingerprint density at radius 2 is 1.59 bits per heavy atom. The summed E-state index contributed by atoms with van der Waals surface area (Å²) in [4.78, 5) is 10.4. The first-order valence-corrected chi connectivity index (χ1v) is 5.20.